The minimum atomic E-state index is 0.455. The van der Waals surface area contributed by atoms with Crippen LogP contribution in [-0.4, -0.2) is 48.9 Å². The SMILES string of the molecule is CC.CC#CCN1CCC2(CC1)CN(C=O)C2.CC(C)C. The first-order valence-corrected chi connectivity index (χ1v) is 8.32. The molecule has 0 saturated carbocycles. The van der Waals surface area contributed by atoms with Crippen LogP contribution in [0.3, 0.4) is 0 Å². The number of hydrogen-bond donors (Lipinski definition) is 0. The van der Waals surface area contributed by atoms with E-state index in [0.717, 1.165) is 45.1 Å². The Hall–Kier alpha value is -1.01. The number of nitrogens with zero attached hydrogens (tertiary/aromatic N) is 2. The summed E-state index contributed by atoms with van der Waals surface area (Å²) in [4.78, 5) is 14.8. The van der Waals surface area contributed by atoms with Crippen molar-refractivity contribution in [1.29, 1.82) is 0 Å². The molecule has 1 spiro atoms. The molecule has 21 heavy (non-hydrogen) atoms. The van der Waals surface area contributed by atoms with Gasteiger partial charge in [0, 0.05) is 18.5 Å². The predicted octanol–water partition coefficient (Wildman–Crippen LogP) is 3.25. The van der Waals surface area contributed by atoms with E-state index in [1.807, 2.05) is 25.7 Å². The number of hydrogen-bond acceptors (Lipinski definition) is 2. The summed E-state index contributed by atoms with van der Waals surface area (Å²) in [5.41, 5.74) is 0.455. The number of likely N-dealkylation sites (tertiary alicyclic amines) is 2. The Morgan fingerprint density at radius 3 is 2.00 bits per heavy atom. The first kappa shape index (κ1) is 20.0. The molecule has 2 fully saturated rings. The second-order valence-electron chi connectivity index (χ2n) is 6.45. The summed E-state index contributed by atoms with van der Waals surface area (Å²) in [5, 5.41) is 0. The fourth-order valence-electron chi connectivity index (χ4n) is 2.58. The normalized spacial score (nSPS) is 19.3. The lowest BCUT2D eigenvalue weighted by Gasteiger charge is -2.52. The van der Waals surface area contributed by atoms with Crippen LogP contribution in [0.5, 0.6) is 0 Å². The van der Waals surface area contributed by atoms with Gasteiger partial charge in [-0.2, -0.15) is 0 Å². The molecule has 0 N–H and O–H groups in total. The Bertz CT molecular complexity index is 322. The number of rotatable bonds is 2. The van der Waals surface area contributed by atoms with Crippen LogP contribution in [0.1, 0.15) is 54.4 Å². The quantitative estimate of drug-likeness (QED) is 0.576. The maximum atomic E-state index is 10.5. The van der Waals surface area contributed by atoms with E-state index in [1.165, 1.54) is 12.8 Å². The molecule has 0 atom stereocenters. The van der Waals surface area contributed by atoms with Gasteiger partial charge < -0.3 is 4.90 Å². The summed E-state index contributed by atoms with van der Waals surface area (Å²) in [6, 6.07) is 0. The zero-order valence-corrected chi connectivity index (χ0v) is 14.9. The molecule has 2 saturated heterocycles. The largest absolute Gasteiger partial charge is 0.344 e. The van der Waals surface area contributed by atoms with Crippen LogP contribution in [0.25, 0.3) is 0 Å². The molecule has 2 rings (SSSR count). The molecule has 0 bridgehead atoms. The Morgan fingerprint density at radius 2 is 1.62 bits per heavy atom. The molecule has 3 heteroatoms. The summed E-state index contributed by atoms with van der Waals surface area (Å²) >= 11 is 0. The lowest BCUT2D eigenvalue weighted by Crippen LogP contribution is -2.59. The Kier molecular flexibility index (Phi) is 10.2. The fraction of sp³-hybridized carbons (Fsp3) is 0.833. The van der Waals surface area contributed by atoms with Gasteiger partial charge in [0.1, 0.15) is 0 Å². The van der Waals surface area contributed by atoms with E-state index in [4.69, 9.17) is 0 Å². The summed E-state index contributed by atoms with van der Waals surface area (Å²) < 4.78 is 0. The molecule has 2 heterocycles. The Balaban J connectivity index is 0.000000579. The van der Waals surface area contributed by atoms with Gasteiger partial charge in [-0.3, -0.25) is 9.69 Å². The average molecular weight is 294 g/mol. The van der Waals surface area contributed by atoms with Crippen molar-refractivity contribution < 1.29 is 4.79 Å². The first-order chi connectivity index (χ1) is 10.0. The molecular weight excluding hydrogens is 260 g/mol. The average Bonchev–Trinajstić information content (AvgIpc) is 2.45. The van der Waals surface area contributed by atoms with E-state index in [1.54, 1.807) is 0 Å². The van der Waals surface area contributed by atoms with Crippen LogP contribution in [0.2, 0.25) is 0 Å². The molecule has 0 unspecified atom stereocenters. The number of piperidine rings is 1. The highest BCUT2D eigenvalue weighted by atomic mass is 16.1. The van der Waals surface area contributed by atoms with Crippen molar-refractivity contribution in [3.05, 3.63) is 0 Å². The van der Waals surface area contributed by atoms with Crippen molar-refractivity contribution in [2.24, 2.45) is 11.3 Å². The summed E-state index contributed by atoms with van der Waals surface area (Å²) in [5.74, 6) is 6.88. The maximum Gasteiger partial charge on any atom is 0.209 e. The van der Waals surface area contributed by atoms with E-state index >= 15 is 0 Å². The van der Waals surface area contributed by atoms with Gasteiger partial charge >= 0.3 is 0 Å². The molecular formula is C18H34N2O. The Morgan fingerprint density at radius 1 is 1.14 bits per heavy atom. The van der Waals surface area contributed by atoms with Crippen LogP contribution < -0.4 is 0 Å². The molecule has 0 aliphatic carbocycles. The van der Waals surface area contributed by atoms with Crippen molar-refractivity contribution in [3.8, 4) is 11.8 Å². The highest BCUT2D eigenvalue weighted by molar-refractivity contribution is 5.49. The number of amides is 1. The lowest BCUT2D eigenvalue weighted by molar-refractivity contribution is -0.132. The highest BCUT2D eigenvalue weighted by Gasteiger charge is 2.44. The summed E-state index contributed by atoms with van der Waals surface area (Å²) in [6.45, 7) is 17.5. The minimum Gasteiger partial charge on any atom is -0.344 e. The van der Waals surface area contributed by atoms with Gasteiger partial charge in [-0.15, -0.1) is 5.92 Å². The molecule has 0 aromatic heterocycles. The van der Waals surface area contributed by atoms with Crippen molar-refractivity contribution in [2.75, 3.05) is 32.7 Å². The molecule has 3 nitrogen and oxygen atoms in total. The van der Waals surface area contributed by atoms with Crippen LogP contribution in [0.4, 0.5) is 0 Å². The monoisotopic (exact) mass is 294 g/mol. The molecule has 2 aliphatic heterocycles. The smallest absolute Gasteiger partial charge is 0.209 e. The fourth-order valence-corrected chi connectivity index (χ4v) is 2.58. The lowest BCUT2D eigenvalue weighted by atomic mass is 9.72. The molecule has 2 aliphatic rings. The van der Waals surface area contributed by atoms with Crippen LogP contribution >= 0.6 is 0 Å². The Labute approximate surface area is 132 Å². The van der Waals surface area contributed by atoms with Gasteiger partial charge in [-0.1, -0.05) is 40.5 Å². The summed E-state index contributed by atoms with van der Waals surface area (Å²) in [7, 11) is 0. The zero-order chi connectivity index (χ0) is 16.3. The van der Waals surface area contributed by atoms with Gasteiger partial charge in [-0.25, -0.2) is 0 Å². The third kappa shape index (κ3) is 7.52. The van der Waals surface area contributed by atoms with E-state index in [9.17, 15) is 4.79 Å². The second kappa shape index (κ2) is 10.7. The predicted molar refractivity (Wildman–Crippen MR) is 91.1 cm³/mol. The highest BCUT2D eigenvalue weighted by Crippen LogP contribution is 2.39. The third-order valence-electron chi connectivity index (χ3n) is 3.62. The molecule has 0 radical (unpaired) electrons. The molecule has 122 valence electrons. The zero-order valence-electron chi connectivity index (χ0n) is 14.9. The van der Waals surface area contributed by atoms with Gasteiger partial charge in [-0.05, 0) is 38.8 Å². The van der Waals surface area contributed by atoms with Crippen LogP contribution in [-0.2, 0) is 4.79 Å². The van der Waals surface area contributed by atoms with E-state index in [2.05, 4.69) is 37.5 Å². The van der Waals surface area contributed by atoms with Crippen molar-refractivity contribution in [2.45, 2.75) is 54.4 Å². The van der Waals surface area contributed by atoms with Gasteiger partial charge in [0.05, 0.1) is 6.54 Å². The van der Waals surface area contributed by atoms with E-state index in [0.29, 0.717) is 5.41 Å². The standard InChI is InChI=1S/C12H18N2O.C4H10.C2H6/c1-2-3-6-13-7-4-12(5-8-13)9-14(10-12)11-15;1-4(2)3;1-2/h11H,4-10H2,1H3;4H,1-3H3;1-2H3. The van der Waals surface area contributed by atoms with Crippen molar-refractivity contribution >= 4 is 6.41 Å². The van der Waals surface area contributed by atoms with Gasteiger partial charge in [0.15, 0.2) is 0 Å². The molecule has 1 amide bonds. The van der Waals surface area contributed by atoms with Gasteiger partial charge in [0.2, 0.25) is 6.41 Å². The topological polar surface area (TPSA) is 23.6 Å². The van der Waals surface area contributed by atoms with Crippen LogP contribution in [0, 0.1) is 23.2 Å². The van der Waals surface area contributed by atoms with Crippen molar-refractivity contribution in [1.82, 2.24) is 9.80 Å². The van der Waals surface area contributed by atoms with Crippen molar-refractivity contribution in [3.63, 3.8) is 0 Å². The second-order valence-corrected chi connectivity index (χ2v) is 6.45. The minimum absolute atomic E-state index is 0.455. The molecule has 0 aromatic rings. The van der Waals surface area contributed by atoms with E-state index in [-0.39, 0.29) is 0 Å². The first-order valence-electron chi connectivity index (χ1n) is 8.32. The molecule has 0 aromatic carbocycles. The number of carbonyl (C=O) groups excluding carboxylic acids is 1. The van der Waals surface area contributed by atoms with Gasteiger partial charge in [0.25, 0.3) is 0 Å². The number of carbonyl (C=O) groups is 1. The third-order valence-corrected chi connectivity index (χ3v) is 3.62. The van der Waals surface area contributed by atoms with Crippen LogP contribution in [0.15, 0.2) is 0 Å². The maximum absolute atomic E-state index is 10.5. The van der Waals surface area contributed by atoms with E-state index < -0.39 is 0 Å². The summed E-state index contributed by atoms with van der Waals surface area (Å²) in [6.07, 6.45) is 3.42.